The largest absolute Gasteiger partial charge is 0.245 e. The van der Waals surface area contributed by atoms with Gasteiger partial charge < -0.3 is 0 Å². The first kappa shape index (κ1) is 22.2. The van der Waals surface area contributed by atoms with Crippen LogP contribution in [0.3, 0.4) is 0 Å². The van der Waals surface area contributed by atoms with E-state index in [1.54, 1.807) is 0 Å². The van der Waals surface area contributed by atoms with Crippen molar-refractivity contribution in [1.82, 2.24) is 9.97 Å². The summed E-state index contributed by atoms with van der Waals surface area (Å²) in [5.74, 6) is 0. The number of rotatable bonds is 3. The van der Waals surface area contributed by atoms with Gasteiger partial charge in [-0.05, 0) is 35.4 Å². The van der Waals surface area contributed by atoms with Crippen LogP contribution < -0.4 is 0 Å². The number of aromatic nitrogens is 2. The van der Waals surface area contributed by atoms with Crippen molar-refractivity contribution in [3.8, 4) is 33.6 Å². The van der Waals surface area contributed by atoms with Crippen molar-refractivity contribution in [1.29, 1.82) is 0 Å². The molecule has 0 saturated carbocycles. The lowest BCUT2D eigenvalue weighted by molar-refractivity contribution is 1.36. The molecular formula is C36H22N2S. The highest BCUT2D eigenvalue weighted by molar-refractivity contribution is 7.25. The topological polar surface area (TPSA) is 25.8 Å². The van der Waals surface area contributed by atoms with E-state index in [9.17, 15) is 0 Å². The fraction of sp³-hybridized carbons (Fsp3) is 0. The van der Waals surface area contributed by atoms with Gasteiger partial charge >= 0.3 is 0 Å². The number of thiophene rings is 1. The van der Waals surface area contributed by atoms with Crippen LogP contribution >= 0.6 is 11.3 Å². The summed E-state index contributed by atoms with van der Waals surface area (Å²) in [6.07, 6.45) is 0. The molecule has 3 aromatic heterocycles. The average molecular weight is 515 g/mol. The maximum atomic E-state index is 5.26. The van der Waals surface area contributed by atoms with Crippen LogP contribution in [0.2, 0.25) is 0 Å². The predicted molar refractivity (Wildman–Crippen MR) is 166 cm³/mol. The van der Waals surface area contributed by atoms with Gasteiger partial charge in [0.2, 0.25) is 0 Å². The molecule has 0 radical (unpaired) electrons. The predicted octanol–water partition coefficient (Wildman–Crippen LogP) is 10.2. The van der Waals surface area contributed by atoms with Gasteiger partial charge in [0.1, 0.15) is 0 Å². The minimum absolute atomic E-state index is 0.928. The van der Waals surface area contributed by atoms with Crippen molar-refractivity contribution in [2.45, 2.75) is 0 Å². The molecule has 5 aromatic carbocycles. The minimum Gasteiger partial charge on any atom is -0.245 e. The second kappa shape index (κ2) is 8.87. The third kappa shape index (κ3) is 3.63. The van der Waals surface area contributed by atoms with Crippen LogP contribution in [0.4, 0.5) is 0 Å². The molecule has 0 aliphatic heterocycles. The molecule has 0 unspecified atom stereocenters. The van der Waals surface area contributed by atoms with Crippen molar-refractivity contribution < 1.29 is 0 Å². The molecule has 0 aliphatic rings. The van der Waals surface area contributed by atoms with Gasteiger partial charge in [-0.1, -0.05) is 109 Å². The fourth-order valence-electron chi connectivity index (χ4n) is 5.63. The summed E-state index contributed by atoms with van der Waals surface area (Å²) in [6, 6.07) is 47.1. The van der Waals surface area contributed by atoms with Gasteiger partial charge in [-0.15, -0.1) is 11.3 Å². The van der Waals surface area contributed by atoms with Crippen LogP contribution in [0, 0.1) is 0 Å². The molecule has 0 saturated heterocycles. The van der Waals surface area contributed by atoms with Gasteiger partial charge in [-0.25, -0.2) is 9.97 Å². The zero-order valence-corrected chi connectivity index (χ0v) is 21.8. The van der Waals surface area contributed by atoms with Crippen molar-refractivity contribution >= 4 is 53.3 Å². The Balaban J connectivity index is 1.36. The Morgan fingerprint density at radius 2 is 1.00 bits per heavy atom. The summed E-state index contributed by atoms with van der Waals surface area (Å²) in [6.45, 7) is 0. The average Bonchev–Trinajstić information content (AvgIpc) is 3.40. The van der Waals surface area contributed by atoms with E-state index < -0.39 is 0 Å². The highest BCUT2D eigenvalue weighted by Gasteiger charge is 2.15. The first-order chi connectivity index (χ1) is 19.3. The molecular weight excluding hydrogens is 492 g/mol. The van der Waals surface area contributed by atoms with Crippen LogP contribution in [-0.2, 0) is 0 Å². The van der Waals surface area contributed by atoms with Gasteiger partial charge in [0.05, 0.1) is 22.4 Å². The molecule has 0 amide bonds. The quantitative estimate of drug-likeness (QED) is 0.219. The molecule has 0 N–H and O–H groups in total. The van der Waals surface area contributed by atoms with Gasteiger partial charge in [-0.2, -0.15) is 0 Å². The summed E-state index contributed by atoms with van der Waals surface area (Å²) in [5, 5.41) is 4.80. The Morgan fingerprint density at radius 3 is 1.82 bits per heavy atom. The monoisotopic (exact) mass is 514 g/mol. The summed E-state index contributed by atoms with van der Waals surface area (Å²) >= 11 is 1.85. The molecule has 0 bridgehead atoms. The lowest BCUT2D eigenvalue weighted by atomic mass is 9.93. The van der Waals surface area contributed by atoms with Crippen LogP contribution in [0.15, 0.2) is 133 Å². The SMILES string of the molecule is c1ccc(-c2ccc3ccc4ccc(-c5ccccc5-c5cccc6sc7ccccc7c56)nc4c3n2)cc1. The molecule has 2 nitrogen and oxygen atoms in total. The minimum atomic E-state index is 0.928. The zero-order chi connectivity index (χ0) is 25.8. The Morgan fingerprint density at radius 1 is 0.410 bits per heavy atom. The van der Waals surface area contributed by atoms with Crippen molar-refractivity contribution in [3.05, 3.63) is 133 Å². The number of nitrogens with zero attached hydrogens (tertiary/aromatic N) is 2. The Bertz CT molecular complexity index is 2180. The summed E-state index contributed by atoms with van der Waals surface area (Å²) < 4.78 is 2.62. The van der Waals surface area contributed by atoms with E-state index in [1.165, 1.54) is 31.3 Å². The normalized spacial score (nSPS) is 11.6. The molecule has 8 aromatic rings. The van der Waals surface area contributed by atoms with E-state index in [-0.39, 0.29) is 0 Å². The summed E-state index contributed by atoms with van der Waals surface area (Å²) in [4.78, 5) is 10.4. The second-order valence-corrected chi connectivity index (χ2v) is 10.9. The second-order valence-electron chi connectivity index (χ2n) is 9.79. The molecule has 0 aliphatic carbocycles. The number of hydrogen-bond donors (Lipinski definition) is 0. The van der Waals surface area contributed by atoms with E-state index in [4.69, 9.17) is 9.97 Å². The molecule has 0 atom stereocenters. The Hall–Kier alpha value is -4.86. The first-order valence-corrected chi connectivity index (χ1v) is 13.9. The van der Waals surface area contributed by atoms with Crippen molar-refractivity contribution in [2.24, 2.45) is 0 Å². The van der Waals surface area contributed by atoms with Crippen LogP contribution in [0.25, 0.3) is 75.6 Å². The van der Waals surface area contributed by atoms with Gasteiger partial charge in [0, 0.05) is 42.1 Å². The Kier molecular flexibility index (Phi) is 5.04. The van der Waals surface area contributed by atoms with E-state index >= 15 is 0 Å². The number of fused-ring (bicyclic) bond motifs is 6. The molecule has 3 heteroatoms. The third-order valence-electron chi connectivity index (χ3n) is 7.48. The standard InChI is InChI=1S/C36H22N2S/c1-2-9-23(10-3-1)30-21-19-24-17-18-25-20-22-31(38-36(25)35(24)37-30)27-12-5-4-11-26(27)28-14-8-16-33-34(28)29-13-6-7-15-32(29)39-33/h1-22H. The van der Waals surface area contributed by atoms with E-state index in [0.717, 1.165) is 44.3 Å². The highest BCUT2D eigenvalue weighted by Crippen LogP contribution is 2.42. The molecule has 3 heterocycles. The Labute approximate surface area is 229 Å². The molecule has 0 spiro atoms. The van der Waals surface area contributed by atoms with Crippen molar-refractivity contribution in [2.75, 3.05) is 0 Å². The van der Waals surface area contributed by atoms with Crippen LogP contribution in [0.1, 0.15) is 0 Å². The van der Waals surface area contributed by atoms with Crippen LogP contribution in [-0.4, -0.2) is 9.97 Å². The van der Waals surface area contributed by atoms with E-state index in [2.05, 4.69) is 127 Å². The van der Waals surface area contributed by atoms with Gasteiger partial charge in [-0.3, -0.25) is 0 Å². The number of benzene rings is 5. The van der Waals surface area contributed by atoms with Crippen molar-refractivity contribution in [3.63, 3.8) is 0 Å². The number of pyridine rings is 2. The fourth-order valence-corrected chi connectivity index (χ4v) is 6.76. The molecule has 0 fully saturated rings. The lowest BCUT2D eigenvalue weighted by Gasteiger charge is -2.13. The summed E-state index contributed by atoms with van der Waals surface area (Å²) in [7, 11) is 0. The zero-order valence-electron chi connectivity index (χ0n) is 21.0. The maximum Gasteiger partial charge on any atom is 0.0972 e. The number of hydrogen-bond acceptors (Lipinski definition) is 3. The smallest absolute Gasteiger partial charge is 0.0972 e. The lowest BCUT2D eigenvalue weighted by Crippen LogP contribution is -1.92. The molecule has 182 valence electrons. The van der Waals surface area contributed by atoms with Gasteiger partial charge in [0.15, 0.2) is 0 Å². The third-order valence-corrected chi connectivity index (χ3v) is 8.62. The van der Waals surface area contributed by atoms with E-state index in [0.29, 0.717) is 0 Å². The molecule has 39 heavy (non-hydrogen) atoms. The summed E-state index contributed by atoms with van der Waals surface area (Å²) in [5.41, 5.74) is 8.43. The maximum absolute atomic E-state index is 5.26. The van der Waals surface area contributed by atoms with Gasteiger partial charge in [0.25, 0.3) is 0 Å². The highest BCUT2D eigenvalue weighted by atomic mass is 32.1. The molecule has 8 rings (SSSR count). The first-order valence-electron chi connectivity index (χ1n) is 13.1. The van der Waals surface area contributed by atoms with E-state index in [1.807, 2.05) is 17.4 Å². The van der Waals surface area contributed by atoms with Crippen LogP contribution in [0.5, 0.6) is 0 Å².